The zero-order chi connectivity index (χ0) is 26.9. The lowest BCUT2D eigenvalue weighted by atomic mass is 10.2. The Labute approximate surface area is 234 Å². The summed E-state index contributed by atoms with van der Waals surface area (Å²) < 4.78 is 11.2. The van der Waals surface area contributed by atoms with Gasteiger partial charge < -0.3 is 25.4 Å². The topological polar surface area (TPSA) is 115 Å². The Balaban J connectivity index is 1.27. The average Bonchev–Trinajstić information content (AvgIpc) is 3.37. The molecule has 1 amide bonds. The second-order valence-corrected chi connectivity index (χ2v) is 9.00. The molecule has 0 aliphatic rings. The Hall–Kier alpha value is -3.93. The van der Waals surface area contributed by atoms with Crippen LogP contribution in [0.3, 0.4) is 0 Å². The van der Waals surface area contributed by atoms with Crippen molar-refractivity contribution >= 4 is 52.1 Å². The van der Waals surface area contributed by atoms with E-state index in [1.165, 1.54) is 4.80 Å². The number of nitrogens with one attached hydrogen (secondary N) is 3. The number of hydrogen-bond donors (Lipinski definition) is 3. The summed E-state index contributed by atoms with van der Waals surface area (Å²) in [6.07, 6.45) is 0. The maximum absolute atomic E-state index is 12.4. The number of carbonyl (C=O) groups excluding carboxylic acids is 1. The predicted molar refractivity (Wildman–Crippen MR) is 150 cm³/mol. The maximum atomic E-state index is 12.4. The number of ether oxygens (including phenoxy) is 2. The molecular formula is C25H23Cl2N7O3S. The van der Waals surface area contributed by atoms with Crippen LogP contribution in [0.5, 0.6) is 17.2 Å². The third-order valence-electron chi connectivity index (χ3n) is 5.07. The lowest BCUT2D eigenvalue weighted by Crippen LogP contribution is -2.38. The van der Waals surface area contributed by atoms with Gasteiger partial charge in [-0.3, -0.25) is 4.79 Å². The van der Waals surface area contributed by atoms with E-state index < -0.39 is 0 Å². The Bertz CT molecular complexity index is 1430. The van der Waals surface area contributed by atoms with Crippen LogP contribution in [0.2, 0.25) is 10.0 Å². The Morgan fingerprint density at radius 3 is 2.50 bits per heavy atom. The summed E-state index contributed by atoms with van der Waals surface area (Å²) in [5.74, 6) is 1.60. The highest BCUT2D eigenvalue weighted by Gasteiger charge is 2.15. The molecule has 0 saturated carbocycles. The summed E-state index contributed by atoms with van der Waals surface area (Å²) >= 11 is 17.5. The standard InChI is InChI=1S/C25H23Cl2N7O3S/c1-36-22-9-5-3-7-19(22)30-25(38)29-13-12-28-23(35)15-34-32-24(31-33-34)17-6-2-4-8-20(17)37-21-11-10-16(26)14-18(21)27/h2-11,14H,12-13,15H2,1H3,(H,28,35)(H2,29,30,38). The predicted octanol–water partition coefficient (Wildman–Crippen LogP) is 4.55. The van der Waals surface area contributed by atoms with Gasteiger partial charge in [-0.2, -0.15) is 4.80 Å². The van der Waals surface area contributed by atoms with Gasteiger partial charge in [-0.15, -0.1) is 10.2 Å². The van der Waals surface area contributed by atoms with Gasteiger partial charge in [0.2, 0.25) is 11.7 Å². The van der Waals surface area contributed by atoms with Crippen molar-refractivity contribution in [2.45, 2.75) is 6.54 Å². The number of thiocarbonyl (C=S) groups is 1. The number of amides is 1. The number of nitrogens with zero attached hydrogens (tertiary/aromatic N) is 4. The summed E-state index contributed by atoms with van der Waals surface area (Å²) in [7, 11) is 1.59. The second kappa shape index (κ2) is 13.0. The molecule has 3 aromatic carbocycles. The fourth-order valence-electron chi connectivity index (χ4n) is 3.31. The number of hydrogen-bond acceptors (Lipinski definition) is 7. The highest BCUT2D eigenvalue weighted by molar-refractivity contribution is 7.80. The lowest BCUT2D eigenvalue weighted by Gasteiger charge is -2.13. The number of methoxy groups -OCH3 is 1. The summed E-state index contributed by atoms with van der Waals surface area (Å²) in [4.78, 5) is 13.6. The quantitative estimate of drug-likeness (QED) is 0.186. The maximum Gasteiger partial charge on any atom is 0.243 e. The van der Waals surface area contributed by atoms with Crippen LogP contribution in [0.25, 0.3) is 11.4 Å². The van der Waals surface area contributed by atoms with Gasteiger partial charge in [-0.1, -0.05) is 47.5 Å². The zero-order valence-corrected chi connectivity index (χ0v) is 22.5. The smallest absolute Gasteiger partial charge is 0.243 e. The van der Waals surface area contributed by atoms with Gasteiger partial charge in [0.15, 0.2) is 5.11 Å². The fraction of sp³-hybridized carbons (Fsp3) is 0.160. The number of benzene rings is 3. The zero-order valence-electron chi connectivity index (χ0n) is 20.1. The molecule has 0 spiro atoms. The van der Waals surface area contributed by atoms with Gasteiger partial charge in [0.05, 0.1) is 23.4 Å². The molecule has 10 nitrogen and oxygen atoms in total. The first kappa shape index (κ1) is 27.1. The van der Waals surface area contributed by atoms with Gasteiger partial charge >= 0.3 is 0 Å². The van der Waals surface area contributed by atoms with Crippen molar-refractivity contribution in [1.29, 1.82) is 0 Å². The Kier molecular flexibility index (Phi) is 9.30. The van der Waals surface area contributed by atoms with Gasteiger partial charge in [0, 0.05) is 18.1 Å². The number of tetrazole rings is 1. The van der Waals surface area contributed by atoms with Crippen molar-refractivity contribution in [1.82, 2.24) is 30.8 Å². The van der Waals surface area contributed by atoms with Crippen molar-refractivity contribution < 1.29 is 14.3 Å². The van der Waals surface area contributed by atoms with Crippen LogP contribution >= 0.6 is 35.4 Å². The SMILES string of the molecule is COc1ccccc1NC(=S)NCCNC(=O)Cn1nnc(-c2ccccc2Oc2ccc(Cl)cc2Cl)n1. The molecule has 0 saturated heterocycles. The van der Waals surface area contributed by atoms with E-state index in [9.17, 15) is 4.79 Å². The molecule has 0 aliphatic heterocycles. The molecule has 0 fully saturated rings. The monoisotopic (exact) mass is 571 g/mol. The van der Waals surface area contributed by atoms with E-state index in [4.69, 9.17) is 44.9 Å². The molecule has 13 heteroatoms. The molecule has 0 aliphatic carbocycles. The number of aromatic nitrogens is 4. The summed E-state index contributed by atoms with van der Waals surface area (Å²) in [5, 5.41) is 22.5. The first-order valence-electron chi connectivity index (χ1n) is 11.4. The van der Waals surface area contributed by atoms with Crippen molar-refractivity contribution in [2.75, 3.05) is 25.5 Å². The first-order chi connectivity index (χ1) is 18.4. The molecule has 0 atom stereocenters. The molecule has 4 aromatic rings. The molecule has 4 rings (SSSR count). The highest BCUT2D eigenvalue weighted by Crippen LogP contribution is 2.35. The van der Waals surface area contributed by atoms with Gasteiger partial charge in [-0.05, 0) is 59.9 Å². The van der Waals surface area contributed by atoms with Crippen LogP contribution in [0, 0.1) is 0 Å². The van der Waals surface area contributed by atoms with Crippen LogP contribution in [-0.4, -0.2) is 51.4 Å². The van der Waals surface area contributed by atoms with Crippen LogP contribution in [-0.2, 0) is 11.3 Å². The minimum absolute atomic E-state index is 0.108. The Morgan fingerprint density at radius 1 is 0.974 bits per heavy atom. The number of para-hydroxylation sites is 3. The molecule has 196 valence electrons. The van der Waals surface area contributed by atoms with Crippen molar-refractivity contribution in [3.05, 3.63) is 76.8 Å². The van der Waals surface area contributed by atoms with Gasteiger partial charge in [0.1, 0.15) is 23.8 Å². The molecule has 38 heavy (non-hydrogen) atoms. The van der Waals surface area contributed by atoms with E-state index in [1.807, 2.05) is 36.4 Å². The summed E-state index contributed by atoms with van der Waals surface area (Å²) in [5.41, 5.74) is 1.33. The number of carbonyl (C=O) groups is 1. The molecular weight excluding hydrogens is 549 g/mol. The van der Waals surface area contributed by atoms with E-state index in [0.717, 1.165) is 5.69 Å². The average molecular weight is 572 g/mol. The highest BCUT2D eigenvalue weighted by atomic mass is 35.5. The van der Waals surface area contributed by atoms with Gasteiger partial charge in [0.25, 0.3) is 0 Å². The van der Waals surface area contributed by atoms with E-state index >= 15 is 0 Å². The molecule has 0 bridgehead atoms. The molecule has 1 heterocycles. The second-order valence-electron chi connectivity index (χ2n) is 7.75. The van der Waals surface area contributed by atoms with Crippen molar-refractivity contribution in [3.8, 4) is 28.6 Å². The molecule has 1 aromatic heterocycles. The third kappa shape index (κ3) is 7.31. The molecule has 3 N–H and O–H groups in total. The van der Waals surface area contributed by atoms with Crippen molar-refractivity contribution in [2.24, 2.45) is 0 Å². The fourth-order valence-corrected chi connectivity index (χ4v) is 3.97. The number of halogens is 2. The van der Waals surface area contributed by atoms with Crippen LogP contribution < -0.4 is 25.4 Å². The van der Waals surface area contributed by atoms with E-state index in [0.29, 0.717) is 56.9 Å². The summed E-state index contributed by atoms with van der Waals surface area (Å²) in [6.45, 7) is 0.649. The first-order valence-corrected chi connectivity index (χ1v) is 12.5. The van der Waals surface area contributed by atoms with Crippen LogP contribution in [0.15, 0.2) is 66.7 Å². The minimum Gasteiger partial charge on any atom is -0.495 e. The lowest BCUT2D eigenvalue weighted by molar-refractivity contribution is -0.122. The van der Waals surface area contributed by atoms with E-state index in [1.54, 1.807) is 37.4 Å². The normalized spacial score (nSPS) is 10.5. The Morgan fingerprint density at radius 2 is 1.71 bits per heavy atom. The van der Waals surface area contributed by atoms with Crippen LogP contribution in [0.1, 0.15) is 0 Å². The molecule has 0 radical (unpaired) electrons. The van der Waals surface area contributed by atoms with Crippen molar-refractivity contribution in [3.63, 3.8) is 0 Å². The summed E-state index contributed by atoms with van der Waals surface area (Å²) in [6, 6.07) is 19.5. The molecule has 0 unspecified atom stereocenters. The minimum atomic E-state index is -0.281. The third-order valence-corrected chi connectivity index (χ3v) is 5.84. The van der Waals surface area contributed by atoms with Crippen LogP contribution in [0.4, 0.5) is 5.69 Å². The van der Waals surface area contributed by atoms with Gasteiger partial charge in [-0.25, -0.2) is 0 Å². The van der Waals surface area contributed by atoms with E-state index in [-0.39, 0.29) is 12.5 Å². The van der Waals surface area contributed by atoms with E-state index in [2.05, 4.69) is 31.4 Å². The largest absolute Gasteiger partial charge is 0.495 e. The number of rotatable bonds is 10. The number of anilines is 1.